The van der Waals surface area contributed by atoms with Crippen LogP contribution in [0, 0.1) is 0 Å². The fourth-order valence-electron chi connectivity index (χ4n) is 4.18. The summed E-state index contributed by atoms with van der Waals surface area (Å²) in [7, 11) is 0. The summed E-state index contributed by atoms with van der Waals surface area (Å²) in [6, 6.07) is 4.50. The van der Waals surface area contributed by atoms with Gasteiger partial charge in [-0.3, -0.25) is 0 Å². The van der Waals surface area contributed by atoms with Gasteiger partial charge in [0.25, 0.3) is 0 Å². The molecule has 1 aromatic rings. The molecule has 1 aromatic carbocycles. The molecule has 1 heterocycles. The van der Waals surface area contributed by atoms with Crippen LogP contribution >= 0.6 is 0 Å². The number of piperidine rings is 1. The van der Waals surface area contributed by atoms with Crippen LogP contribution in [0.3, 0.4) is 0 Å². The van der Waals surface area contributed by atoms with Gasteiger partial charge in [0.1, 0.15) is 5.75 Å². The van der Waals surface area contributed by atoms with Crippen molar-refractivity contribution in [3.63, 3.8) is 0 Å². The number of hydrogen-bond acceptors (Lipinski definition) is 2. The van der Waals surface area contributed by atoms with E-state index >= 15 is 0 Å². The summed E-state index contributed by atoms with van der Waals surface area (Å²) in [6.45, 7) is 17.1. The molecule has 0 saturated carbocycles. The van der Waals surface area contributed by atoms with Gasteiger partial charge in [-0.05, 0) is 79.3 Å². The van der Waals surface area contributed by atoms with Gasteiger partial charge in [0.05, 0.1) is 0 Å². The number of unbranched alkanes of at least 4 members (excludes halogenated alkanes) is 3. The van der Waals surface area contributed by atoms with Crippen molar-refractivity contribution in [2.45, 2.75) is 104 Å². The lowest BCUT2D eigenvalue weighted by Gasteiger charge is -2.28. The maximum Gasteiger partial charge on any atom is 0.123 e. The highest BCUT2D eigenvalue weighted by Crippen LogP contribution is 2.40. The maximum absolute atomic E-state index is 10.8. The second kappa shape index (κ2) is 9.45. The summed E-state index contributed by atoms with van der Waals surface area (Å²) in [6.07, 6.45) is 10.6. The summed E-state index contributed by atoms with van der Waals surface area (Å²) in [4.78, 5) is 2.65. The Morgan fingerprint density at radius 1 is 0.778 bits per heavy atom. The number of phenols is 1. The van der Waals surface area contributed by atoms with Gasteiger partial charge in [0, 0.05) is 0 Å². The van der Waals surface area contributed by atoms with Crippen molar-refractivity contribution in [3.05, 3.63) is 28.8 Å². The molecular formula is C25H43NO. The molecular weight excluding hydrogens is 330 g/mol. The van der Waals surface area contributed by atoms with Crippen molar-refractivity contribution in [3.8, 4) is 5.75 Å². The molecule has 1 N–H and O–H groups in total. The lowest BCUT2D eigenvalue weighted by atomic mass is 9.78. The monoisotopic (exact) mass is 373 g/mol. The Morgan fingerprint density at radius 3 is 1.81 bits per heavy atom. The topological polar surface area (TPSA) is 23.5 Å². The van der Waals surface area contributed by atoms with E-state index in [0.717, 1.165) is 17.5 Å². The quantitative estimate of drug-likeness (QED) is 0.546. The highest BCUT2D eigenvalue weighted by atomic mass is 16.3. The summed E-state index contributed by atoms with van der Waals surface area (Å²) >= 11 is 0. The van der Waals surface area contributed by atoms with E-state index in [1.165, 1.54) is 70.1 Å². The van der Waals surface area contributed by atoms with E-state index in [0.29, 0.717) is 5.75 Å². The Hall–Kier alpha value is -1.02. The van der Waals surface area contributed by atoms with E-state index in [1.807, 2.05) is 0 Å². The molecule has 1 saturated heterocycles. The first-order valence-electron chi connectivity index (χ1n) is 11.2. The third kappa shape index (κ3) is 6.82. The Morgan fingerprint density at radius 2 is 1.30 bits per heavy atom. The Balaban J connectivity index is 1.89. The number of benzene rings is 1. The predicted octanol–water partition coefficient (Wildman–Crippen LogP) is 6.58. The zero-order valence-corrected chi connectivity index (χ0v) is 18.8. The molecule has 0 aliphatic carbocycles. The fourth-order valence-corrected chi connectivity index (χ4v) is 4.18. The summed E-state index contributed by atoms with van der Waals surface area (Å²) in [5.41, 5.74) is 3.51. The number of aromatic hydroxyl groups is 1. The van der Waals surface area contributed by atoms with E-state index in [-0.39, 0.29) is 10.8 Å². The first-order valence-corrected chi connectivity index (χ1v) is 11.2. The number of hydrogen-bond donors (Lipinski definition) is 1. The second-order valence-electron chi connectivity index (χ2n) is 10.6. The summed E-state index contributed by atoms with van der Waals surface area (Å²) in [5.74, 6) is 0.500. The summed E-state index contributed by atoms with van der Waals surface area (Å²) < 4.78 is 0. The van der Waals surface area contributed by atoms with Gasteiger partial charge in [-0.25, -0.2) is 0 Å². The van der Waals surface area contributed by atoms with Crippen LogP contribution in [0.1, 0.15) is 103 Å². The minimum Gasteiger partial charge on any atom is -0.507 e. The van der Waals surface area contributed by atoms with Crippen molar-refractivity contribution in [2.24, 2.45) is 0 Å². The molecule has 1 aliphatic heterocycles. The third-order valence-electron chi connectivity index (χ3n) is 5.92. The maximum atomic E-state index is 10.8. The Labute approximate surface area is 168 Å². The van der Waals surface area contributed by atoms with Crippen LogP contribution in [-0.4, -0.2) is 29.6 Å². The van der Waals surface area contributed by atoms with Crippen molar-refractivity contribution < 1.29 is 5.11 Å². The standard InChI is InChI=1S/C25H43NO/c1-24(2,3)21-18-20(19-22(23(21)27)25(4,5)6)14-10-7-8-11-15-26-16-12-9-13-17-26/h18-19,27H,7-17H2,1-6H3. The molecule has 0 atom stereocenters. The van der Waals surface area contributed by atoms with Gasteiger partial charge < -0.3 is 10.0 Å². The molecule has 0 radical (unpaired) electrons. The molecule has 2 rings (SSSR count). The van der Waals surface area contributed by atoms with Gasteiger partial charge in [-0.1, -0.05) is 72.9 Å². The average molecular weight is 374 g/mol. The van der Waals surface area contributed by atoms with Gasteiger partial charge in [-0.15, -0.1) is 0 Å². The molecule has 27 heavy (non-hydrogen) atoms. The number of rotatable bonds is 7. The van der Waals surface area contributed by atoms with Gasteiger partial charge in [0.2, 0.25) is 0 Å². The molecule has 1 aliphatic rings. The zero-order valence-electron chi connectivity index (χ0n) is 18.8. The van der Waals surface area contributed by atoms with E-state index in [1.54, 1.807) is 0 Å². The average Bonchev–Trinajstić information content (AvgIpc) is 2.58. The van der Waals surface area contributed by atoms with Gasteiger partial charge in [-0.2, -0.15) is 0 Å². The molecule has 2 nitrogen and oxygen atoms in total. The summed E-state index contributed by atoms with van der Waals surface area (Å²) in [5, 5.41) is 10.8. The molecule has 154 valence electrons. The smallest absolute Gasteiger partial charge is 0.123 e. The SMILES string of the molecule is CC(C)(C)c1cc(CCCCCCN2CCCCC2)cc(C(C)(C)C)c1O. The van der Waals surface area contributed by atoms with Gasteiger partial charge >= 0.3 is 0 Å². The molecule has 0 spiro atoms. The number of nitrogens with zero attached hydrogens (tertiary/aromatic N) is 1. The van der Waals surface area contributed by atoms with E-state index in [4.69, 9.17) is 0 Å². The predicted molar refractivity (Wildman–Crippen MR) is 118 cm³/mol. The van der Waals surface area contributed by atoms with Crippen LogP contribution in [0.5, 0.6) is 5.75 Å². The Bertz CT molecular complexity index is 550. The van der Waals surface area contributed by atoms with Crippen LogP contribution in [0.4, 0.5) is 0 Å². The van der Waals surface area contributed by atoms with Crippen LogP contribution in [0.25, 0.3) is 0 Å². The normalized spacial score (nSPS) is 16.7. The first kappa shape index (κ1) is 22.3. The lowest BCUT2D eigenvalue weighted by Crippen LogP contribution is -2.30. The van der Waals surface area contributed by atoms with Crippen LogP contribution in [0.15, 0.2) is 12.1 Å². The number of aryl methyl sites for hydroxylation is 1. The highest BCUT2D eigenvalue weighted by Gasteiger charge is 2.26. The van der Waals surface area contributed by atoms with E-state index in [9.17, 15) is 5.11 Å². The number of phenolic OH excluding ortho intramolecular Hbond substituents is 1. The minimum atomic E-state index is -0.0332. The lowest BCUT2D eigenvalue weighted by molar-refractivity contribution is 0.224. The number of likely N-dealkylation sites (tertiary alicyclic amines) is 1. The first-order chi connectivity index (χ1) is 12.6. The second-order valence-corrected chi connectivity index (χ2v) is 10.6. The minimum absolute atomic E-state index is 0.0332. The molecule has 1 fully saturated rings. The fraction of sp³-hybridized carbons (Fsp3) is 0.760. The van der Waals surface area contributed by atoms with Crippen molar-refractivity contribution in [2.75, 3.05) is 19.6 Å². The van der Waals surface area contributed by atoms with Crippen LogP contribution in [0.2, 0.25) is 0 Å². The highest BCUT2D eigenvalue weighted by molar-refractivity contribution is 5.49. The van der Waals surface area contributed by atoms with Crippen molar-refractivity contribution >= 4 is 0 Å². The Kier molecular flexibility index (Phi) is 7.80. The van der Waals surface area contributed by atoms with Crippen molar-refractivity contribution in [1.29, 1.82) is 0 Å². The van der Waals surface area contributed by atoms with Gasteiger partial charge in [0.15, 0.2) is 0 Å². The van der Waals surface area contributed by atoms with Crippen molar-refractivity contribution in [1.82, 2.24) is 4.90 Å². The van der Waals surface area contributed by atoms with Crippen LogP contribution in [-0.2, 0) is 17.3 Å². The molecule has 0 bridgehead atoms. The largest absolute Gasteiger partial charge is 0.507 e. The third-order valence-corrected chi connectivity index (χ3v) is 5.92. The molecule has 2 heteroatoms. The zero-order chi connectivity index (χ0) is 20.1. The molecule has 0 unspecified atom stereocenters. The van der Waals surface area contributed by atoms with Crippen LogP contribution < -0.4 is 0 Å². The molecule has 0 amide bonds. The molecule has 0 aromatic heterocycles. The van der Waals surface area contributed by atoms with E-state index in [2.05, 4.69) is 58.6 Å². The van der Waals surface area contributed by atoms with E-state index < -0.39 is 0 Å².